The molecule has 17 heavy (non-hydrogen) atoms. The highest BCUT2D eigenvalue weighted by molar-refractivity contribution is 5.61. The summed E-state index contributed by atoms with van der Waals surface area (Å²) in [6.45, 7) is 2.98. The van der Waals surface area contributed by atoms with Crippen molar-refractivity contribution in [3.05, 3.63) is 33.9 Å². The zero-order chi connectivity index (χ0) is 12.5. The van der Waals surface area contributed by atoms with Gasteiger partial charge in [0.15, 0.2) is 0 Å². The lowest BCUT2D eigenvalue weighted by molar-refractivity contribution is -0.384. The smallest absolute Gasteiger partial charge is 0.270 e. The zero-order valence-corrected chi connectivity index (χ0v) is 9.56. The number of nitro groups is 1. The van der Waals surface area contributed by atoms with Crippen LogP contribution in [0.1, 0.15) is 25.3 Å². The summed E-state index contributed by atoms with van der Waals surface area (Å²) < 4.78 is 0. The van der Waals surface area contributed by atoms with Gasteiger partial charge in [0.05, 0.1) is 16.2 Å². The molecule has 1 fully saturated rings. The monoisotopic (exact) mass is 231 g/mol. The summed E-state index contributed by atoms with van der Waals surface area (Å²) in [6, 6.07) is 6.30. The van der Waals surface area contributed by atoms with Crippen molar-refractivity contribution in [2.24, 2.45) is 5.41 Å². The Morgan fingerprint density at radius 3 is 2.82 bits per heavy atom. The van der Waals surface area contributed by atoms with Crippen molar-refractivity contribution in [2.45, 2.75) is 19.8 Å². The number of nitrogens with zero attached hydrogens (tertiary/aromatic N) is 2. The molecule has 0 aliphatic heterocycles. The topological polar surface area (TPSA) is 79.0 Å². The number of anilines is 1. The standard InChI is InChI=1S/C12H13N3O2/c1-12(4-5-12)8-14-11-3-2-10(15(16)17)6-9(11)7-13/h2-3,6,14H,4-5,8H2,1H3. The van der Waals surface area contributed by atoms with Gasteiger partial charge >= 0.3 is 0 Å². The zero-order valence-electron chi connectivity index (χ0n) is 9.56. The lowest BCUT2D eigenvalue weighted by Gasteiger charge is -2.12. The summed E-state index contributed by atoms with van der Waals surface area (Å²) in [6.07, 6.45) is 2.38. The third-order valence-electron chi connectivity index (χ3n) is 3.14. The summed E-state index contributed by atoms with van der Waals surface area (Å²) in [5, 5.41) is 22.7. The molecule has 0 amide bonds. The number of nitro benzene ring substituents is 1. The molecule has 1 aromatic carbocycles. The van der Waals surface area contributed by atoms with Crippen LogP contribution >= 0.6 is 0 Å². The van der Waals surface area contributed by atoms with Crippen LogP contribution in [0.4, 0.5) is 11.4 Å². The van der Waals surface area contributed by atoms with Gasteiger partial charge in [0.2, 0.25) is 0 Å². The third-order valence-corrected chi connectivity index (χ3v) is 3.14. The van der Waals surface area contributed by atoms with Crippen LogP contribution in [0.25, 0.3) is 0 Å². The molecule has 1 aromatic rings. The van der Waals surface area contributed by atoms with E-state index in [0.29, 0.717) is 16.7 Å². The van der Waals surface area contributed by atoms with Crippen molar-refractivity contribution in [2.75, 3.05) is 11.9 Å². The van der Waals surface area contributed by atoms with Crippen molar-refractivity contribution < 1.29 is 4.92 Å². The average molecular weight is 231 g/mol. The van der Waals surface area contributed by atoms with Gasteiger partial charge in [-0.25, -0.2) is 0 Å². The van der Waals surface area contributed by atoms with E-state index in [1.807, 2.05) is 6.07 Å². The first-order valence-electron chi connectivity index (χ1n) is 5.46. The third kappa shape index (κ3) is 2.53. The number of hydrogen-bond acceptors (Lipinski definition) is 4. The fourth-order valence-corrected chi connectivity index (χ4v) is 1.59. The summed E-state index contributed by atoms with van der Waals surface area (Å²) in [5.41, 5.74) is 1.27. The lowest BCUT2D eigenvalue weighted by atomic mass is 10.1. The molecule has 0 aromatic heterocycles. The maximum absolute atomic E-state index is 10.6. The Morgan fingerprint density at radius 2 is 2.29 bits per heavy atom. The van der Waals surface area contributed by atoms with Crippen LogP contribution in [0.15, 0.2) is 18.2 Å². The van der Waals surface area contributed by atoms with Gasteiger partial charge in [-0.1, -0.05) is 6.92 Å². The molecule has 1 saturated carbocycles. The molecule has 1 aliphatic carbocycles. The normalized spacial score (nSPS) is 16.0. The second-order valence-electron chi connectivity index (χ2n) is 4.76. The number of non-ortho nitro benzene ring substituents is 1. The molecule has 5 heteroatoms. The Balaban J connectivity index is 2.16. The largest absolute Gasteiger partial charge is 0.383 e. The second-order valence-corrected chi connectivity index (χ2v) is 4.76. The van der Waals surface area contributed by atoms with E-state index in [9.17, 15) is 10.1 Å². The first-order valence-corrected chi connectivity index (χ1v) is 5.46. The number of hydrogen-bond donors (Lipinski definition) is 1. The van der Waals surface area contributed by atoms with Crippen LogP contribution in [0, 0.1) is 26.9 Å². The van der Waals surface area contributed by atoms with Crippen molar-refractivity contribution in [1.82, 2.24) is 0 Å². The van der Waals surface area contributed by atoms with Crippen LogP contribution in [0.3, 0.4) is 0 Å². The average Bonchev–Trinajstić information content (AvgIpc) is 3.05. The van der Waals surface area contributed by atoms with Gasteiger partial charge in [0.1, 0.15) is 6.07 Å². The SMILES string of the molecule is CC1(CNc2ccc([N+](=O)[O-])cc2C#N)CC1. The van der Waals surface area contributed by atoms with E-state index in [0.717, 1.165) is 6.54 Å². The molecule has 0 spiro atoms. The van der Waals surface area contributed by atoms with Gasteiger partial charge in [-0.2, -0.15) is 5.26 Å². The van der Waals surface area contributed by atoms with Gasteiger partial charge in [-0.15, -0.1) is 0 Å². The van der Waals surface area contributed by atoms with E-state index in [1.54, 1.807) is 6.07 Å². The van der Waals surface area contributed by atoms with Gasteiger partial charge in [0.25, 0.3) is 5.69 Å². The molecule has 0 atom stereocenters. The van der Waals surface area contributed by atoms with Crippen molar-refractivity contribution in [3.8, 4) is 6.07 Å². The van der Waals surface area contributed by atoms with Gasteiger partial charge in [-0.3, -0.25) is 10.1 Å². The second kappa shape index (κ2) is 4.06. The summed E-state index contributed by atoms with van der Waals surface area (Å²) in [4.78, 5) is 10.1. The highest BCUT2D eigenvalue weighted by Gasteiger charge is 2.36. The van der Waals surface area contributed by atoms with E-state index in [4.69, 9.17) is 5.26 Å². The van der Waals surface area contributed by atoms with Crippen LogP contribution in [0.2, 0.25) is 0 Å². The summed E-state index contributed by atoms with van der Waals surface area (Å²) >= 11 is 0. The van der Waals surface area contributed by atoms with Crippen LogP contribution in [0.5, 0.6) is 0 Å². The Hall–Kier alpha value is -2.09. The maximum Gasteiger partial charge on any atom is 0.270 e. The first kappa shape index (κ1) is 11.4. The minimum absolute atomic E-state index is 0.0512. The Morgan fingerprint density at radius 1 is 1.59 bits per heavy atom. The molecule has 88 valence electrons. The fourth-order valence-electron chi connectivity index (χ4n) is 1.59. The molecule has 0 saturated heterocycles. The molecule has 1 aliphatic rings. The van der Waals surface area contributed by atoms with Gasteiger partial charge in [-0.05, 0) is 24.3 Å². The number of nitrogens with one attached hydrogen (secondary N) is 1. The Kier molecular flexibility index (Phi) is 2.72. The Labute approximate surface area is 99.2 Å². The minimum atomic E-state index is -0.493. The molecular formula is C12H13N3O2. The quantitative estimate of drug-likeness (QED) is 0.638. The molecule has 0 radical (unpaired) electrons. The van der Waals surface area contributed by atoms with Crippen molar-refractivity contribution >= 4 is 11.4 Å². The number of rotatable bonds is 4. The highest BCUT2D eigenvalue weighted by Crippen LogP contribution is 2.44. The van der Waals surface area contributed by atoms with E-state index in [1.165, 1.54) is 25.0 Å². The molecular weight excluding hydrogens is 218 g/mol. The highest BCUT2D eigenvalue weighted by atomic mass is 16.6. The molecule has 0 unspecified atom stereocenters. The predicted molar refractivity (Wildman–Crippen MR) is 63.6 cm³/mol. The van der Waals surface area contributed by atoms with E-state index < -0.39 is 4.92 Å². The fraction of sp³-hybridized carbons (Fsp3) is 0.417. The molecule has 1 N–H and O–H groups in total. The van der Waals surface area contributed by atoms with E-state index in [-0.39, 0.29) is 5.69 Å². The molecule has 5 nitrogen and oxygen atoms in total. The van der Waals surface area contributed by atoms with Crippen molar-refractivity contribution in [1.29, 1.82) is 5.26 Å². The number of benzene rings is 1. The number of nitriles is 1. The van der Waals surface area contributed by atoms with Gasteiger partial charge in [0, 0.05) is 18.7 Å². The van der Waals surface area contributed by atoms with Crippen LogP contribution in [-0.2, 0) is 0 Å². The Bertz CT molecular complexity index is 501. The van der Waals surface area contributed by atoms with E-state index in [2.05, 4.69) is 12.2 Å². The minimum Gasteiger partial charge on any atom is -0.383 e. The molecule has 0 bridgehead atoms. The maximum atomic E-state index is 10.6. The lowest BCUT2D eigenvalue weighted by Crippen LogP contribution is -2.12. The van der Waals surface area contributed by atoms with Crippen LogP contribution < -0.4 is 5.32 Å². The molecule has 0 heterocycles. The van der Waals surface area contributed by atoms with Crippen molar-refractivity contribution in [3.63, 3.8) is 0 Å². The summed E-state index contributed by atoms with van der Waals surface area (Å²) in [7, 11) is 0. The van der Waals surface area contributed by atoms with Gasteiger partial charge < -0.3 is 5.32 Å². The summed E-state index contributed by atoms with van der Waals surface area (Å²) in [5.74, 6) is 0. The van der Waals surface area contributed by atoms with Crippen LogP contribution in [-0.4, -0.2) is 11.5 Å². The van der Waals surface area contributed by atoms with E-state index >= 15 is 0 Å². The predicted octanol–water partition coefficient (Wildman–Crippen LogP) is 2.68. The first-order chi connectivity index (χ1) is 8.04. The molecule has 2 rings (SSSR count).